The quantitative estimate of drug-likeness (QED) is 0.195. The SMILES string of the molecule is C/C=C/C1CCC(C2CCC(CCCCC3CCC(C4CCC(CCC=C(F)F)CO4)CC3)CC2)CC1. The summed E-state index contributed by atoms with van der Waals surface area (Å²) in [6, 6.07) is 0. The topological polar surface area (TPSA) is 9.23 Å². The highest BCUT2D eigenvalue weighted by atomic mass is 19.3. The lowest BCUT2D eigenvalue weighted by atomic mass is 9.68. The Hall–Kier alpha value is -0.700. The largest absolute Gasteiger partial charge is 0.378 e. The van der Waals surface area contributed by atoms with E-state index in [4.69, 9.17) is 4.74 Å². The van der Waals surface area contributed by atoms with Gasteiger partial charge in [0.15, 0.2) is 0 Å². The normalized spacial score (nSPS) is 37.5. The lowest BCUT2D eigenvalue weighted by molar-refractivity contribution is -0.0594. The van der Waals surface area contributed by atoms with Gasteiger partial charge in [-0.2, -0.15) is 8.78 Å². The van der Waals surface area contributed by atoms with Gasteiger partial charge in [-0.15, -0.1) is 0 Å². The highest BCUT2D eigenvalue weighted by Crippen LogP contribution is 2.43. The summed E-state index contributed by atoms with van der Waals surface area (Å²) in [6.45, 7) is 2.96. The fraction of sp³-hybridized carbons (Fsp3) is 0.882. The average Bonchev–Trinajstić information content (AvgIpc) is 2.93. The van der Waals surface area contributed by atoms with Crippen LogP contribution in [0.15, 0.2) is 24.3 Å². The molecule has 4 fully saturated rings. The molecule has 1 aliphatic heterocycles. The van der Waals surface area contributed by atoms with Crippen molar-refractivity contribution in [1.82, 2.24) is 0 Å². The van der Waals surface area contributed by atoms with E-state index >= 15 is 0 Å². The summed E-state index contributed by atoms with van der Waals surface area (Å²) < 4.78 is 30.7. The van der Waals surface area contributed by atoms with Crippen LogP contribution in [0.25, 0.3) is 0 Å². The summed E-state index contributed by atoms with van der Waals surface area (Å²) in [4.78, 5) is 0. The second-order valence-electron chi connectivity index (χ2n) is 13.4. The van der Waals surface area contributed by atoms with E-state index < -0.39 is 6.08 Å². The first-order valence-corrected chi connectivity index (χ1v) is 16.4. The van der Waals surface area contributed by atoms with Crippen LogP contribution in [0.4, 0.5) is 8.78 Å². The monoisotopic (exact) mass is 518 g/mol. The third-order valence-electron chi connectivity index (χ3n) is 11.0. The van der Waals surface area contributed by atoms with Gasteiger partial charge in [0, 0.05) is 6.61 Å². The van der Waals surface area contributed by atoms with Crippen molar-refractivity contribution in [2.75, 3.05) is 6.61 Å². The third-order valence-corrected chi connectivity index (χ3v) is 11.0. The minimum Gasteiger partial charge on any atom is -0.378 e. The van der Waals surface area contributed by atoms with E-state index in [-0.39, 0.29) is 0 Å². The van der Waals surface area contributed by atoms with Gasteiger partial charge in [0.1, 0.15) is 0 Å². The Bertz CT molecular complexity index is 666. The summed E-state index contributed by atoms with van der Waals surface area (Å²) >= 11 is 0. The van der Waals surface area contributed by atoms with E-state index in [1.54, 1.807) is 0 Å². The molecule has 3 heteroatoms. The molecule has 3 aliphatic carbocycles. The van der Waals surface area contributed by atoms with Gasteiger partial charge in [-0.05, 0) is 131 Å². The molecule has 4 rings (SSSR count). The summed E-state index contributed by atoms with van der Waals surface area (Å²) in [6.07, 6.45) is 31.5. The van der Waals surface area contributed by atoms with Crippen LogP contribution in [-0.2, 0) is 4.74 Å². The first kappa shape index (κ1) is 29.3. The predicted octanol–water partition coefficient (Wildman–Crippen LogP) is 10.9. The lowest BCUT2D eigenvalue weighted by Crippen LogP contribution is -2.34. The standard InChI is InChI=1S/C34H56F2O/c1-2-6-26-11-18-30(19-12-26)31-20-13-27(14-21-31)7-3-4-8-28-15-22-32(23-16-28)33-24-17-29(25-37-33)9-5-10-34(35)36/h2,6,10,26-33H,3-5,7-9,11-25H2,1H3/b6-2+. The van der Waals surface area contributed by atoms with E-state index in [9.17, 15) is 8.78 Å². The van der Waals surface area contributed by atoms with E-state index in [0.29, 0.717) is 18.4 Å². The first-order valence-electron chi connectivity index (χ1n) is 16.4. The molecule has 0 aromatic rings. The van der Waals surface area contributed by atoms with Gasteiger partial charge in [-0.1, -0.05) is 63.5 Å². The molecule has 1 heterocycles. The van der Waals surface area contributed by atoms with Crippen molar-refractivity contribution >= 4 is 0 Å². The number of halogens is 2. The Kier molecular flexibility index (Phi) is 12.5. The minimum atomic E-state index is -1.54. The molecule has 3 saturated carbocycles. The third kappa shape index (κ3) is 9.77. The number of ether oxygens (including phenoxy) is 1. The van der Waals surface area contributed by atoms with Gasteiger partial charge in [-0.3, -0.25) is 0 Å². The van der Waals surface area contributed by atoms with Crippen LogP contribution in [0.1, 0.15) is 135 Å². The molecule has 0 N–H and O–H groups in total. The van der Waals surface area contributed by atoms with Crippen LogP contribution in [0.2, 0.25) is 0 Å². The molecule has 2 unspecified atom stereocenters. The molecule has 37 heavy (non-hydrogen) atoms. The minimum absolute atomic E-state index is 0.434. The predicted molar refractivity (Wildman–Crippen MR) is 152 cm³/mol. The Morgan fingerprint density at radius 2 is 1.19 bits per heavy atom. The zero-order valence-corrected chi connectivity index (χ0v) is 23.9. The van der Waals surface area contributed by atoms with E-state index in [0.717, 1.165) is 67.5 Å². The van der Waals surface area contributed by atoms with Crippen molar-refractivity contribution < 1.29 is 13.5 Å². The lowest BCUT2D eigenvalue weighted by Gasteiger charge is -2.38. The Labute approximate surface area is 227 Å². The maximum atomic E-state index is 12.2. The number of allylic oxidation sites excluding steroid dienone is 3. The van der Waals surface area contributed by atoms with Crippen LogP contribution in [0.3, 0.4) is 0 Å². The fourth-order valence-corrected chi connectivity index (χ4v) is 8.60. The number of hydrogen-bond donors (Lipinski definition) is 0. The molecule has 0 spiro atoms. The van der Waals surface area contributed by atoms with Crippen LogP contribution < -0.4 is 0 Å². The molecule has 0 amide bonds. The van der Waals surface area contributed by atoms with Crippen LogP contribution >= 0.6 is 0 Å². The molecule has 0 radical (unpaired) electrons. The van der Waals surface area contributed by atoms with Crippen LogP contribution in [0, 0.1) is 41.4 Å². The second kappa shape index (κ2) is 15.8. The van der Waals surface area contributed by atoms with Crippen LogP contribution in [-0.4, -0.2) is 12.7 Å². The number of rotatable bonds is 11. The fourth-order valence-electron chi connectivity index (χ4n) is 8.60. The Morgan fingerprint density at radius 1 is 0.649 bits per heavy atom. The maximum absolute atomic E-state index is 12.2. The van der Waals surface area contributed by atoms with Crippen molar-refractivity contribution in [3.63, 3.8) is 0 Å². The highest BCUT2D eigenvalue weighted by molar-refractivity contribution is 4.91. The summed E-state index contributed by atoms with van der Waals surface area (Å²) in [5, 5.41) is 0. The Morgan fingerprint density at radius 3 is 1.70 bits per heavy atom. The van der Waals surface area contributed by atoms with Crippen molar-refractivity contribution in [2.24, 2.45) is 41.4 Å². The van der Waals surface area contributed by atoms with Gasteiger partial charge >= 0.3 is 0 Å². The molecule has 2 atom stereocenters. The highest BCUT2D eigenvalue weighted by Gasteiger charge is 2.32. The molecule has 212 valence electrons. The average molecular weight is 519 g/mol. The van der Waals surface area contributed by atoms with E-state index in [1.807, 2.05) is 0 Å². The van der Waals surface area contributed by atoms with Crippen molar-refractivity contribution in [3.05, 3.63) is 24.3 Å². The maximum Gasteiger partial charge on any atom is 0.266 e. The molecular formula is C34H56F2O. The summed E-state index contributed by atoms with van der Waals surface area (Å²) in [5.41, 5.74) is 0. The molecule has 0 aromatic carbocycles. The van der Waals surface area contributed by atoms with Crippen molar-refractivity contribution in [2.45, 2.75) is 141 Å². The van der Waals surface area contributed by atoms with Gasteiger partial charge in [-0.25, -0.2) is 0 Å². The van der Waals surface area contributed by atoms with E-state index in [2.05, 4.69) is 19.1 Å². The zero-order chi connectivity index (χ0) is 25.9. The van der Waals surface area contributed by atoms with E-state index in [1.165, 1.54) is 103 Å². The second-order valence-corrected chi connectivity index (χ2v) is 13.4. The molecular weight excluding hydrogens is 462 g/mol. The zero-order valence-electron chi connectivity index (χ0n) is 23.9. The first-order chi connectivity index (χ1) is 18.1. The van der Waals surface area contributed by atoms with Gasteiger partial charge in [0.05, 0.1) is 6.10 Å². The molecule has 1 nitrogen and oxygen atoms in total. The van der Waals surface area contributed by atoms with Crippen LogP contribution in [0.5, 0.6) is 0 Å². The molecule has 1 saturated heterocycles. The molecule has 4 aliphatic rings. The van der Waals surface area contributed by atoms with Crippen molar-refractivity contribution in [3.8, 4) is 0 Å². The van der Waals surface area contributed by atoms with Gasteiger partial charge < -0.3 is 4.74 Å². The van der Waals surface area contributed by atoms with Gasteiger partial charge in [0.25, 0.3) is 6.08 Å². The molecule has 0 aromatic heterocycles. The summed E-state index contributed by atoms with van der Waals surface area (Å²) in [7, 11) is 0. The number of unbranched alkanes of at least 4 members (excludes halogenated alkanes) is 1. The molecule has 0 bridgehead atoms. The number of hydrogen-bond acceptors (Lipinski definition) is 1. The van der Waals surface area contributed by atoms with Crippen molar-refractivity contribution in [1.29, 1.82) is 0 Å². The van der Waals surface area contributed by atoms with Gasteiger partial charge in [0.2, 0.25) is 0 Å². The Balaban J connectivity index is 1.01. The smallest absolute Gasteiger partial charge is 0.266 e. The summed E-state index contributed by atoms with van der Waals surface area (Å²) in [5.74, 6) is 6.14.